The van der Waals surface area contributed by atoms with Gasteiger partial charge in [-0.05, 0) is 18.1 Å². The van der Waals surface area contributed by atoms with Crippen molar-refractivity contribution in [1.29, 1.82) is 0 Å². The summed E-state index contributed by atoms with van der Waals surface area (Å²) in [7, 11) is 0. The van der Waals surface area contributed by atoms with E-state index in [1.807, 2.05) is 0 Å². The van der Waals surface area contributed by atoms with Crippen LogP contribution in [0.1, 0.15) is 5.56 Å². The summed E-state index contributed by atoms with van der Waals surface area (Å²) in [6.45, 7) is 0. The first-order valence-corrected chi connectivity index (χ1v) is 4.12. The number of aromatic hydroxyl groups is 1. The molecule has 0 amide bonds. The van der Waals surface area contributed by atoms with Gasteiger partial charge < -0.3 is 15.9 Å². The van der Waals surface area contributed by atoms with Gasteiger partial charge in [0, 0.05) is 6.07 Å². The van der Waals surface area contributed by atoms with Crippen LogP contribution in [0.4, 0.5) is 5.69 Å². The molecule has 7 heteroatoms. The highest BCUT2D eigenvalue weighted by molar-refractivity contribution is 5.73. The lowest BCUT2D eigenvalue weighted by atomic mass is 10.3. The first-order valence-electron chi connectivity index (χ1n) is 4.12. The Bertz CT molecular complexity index is 432. The molecule has 3 radical (unpaired) electrons. The smallest absolute Gasteiger partial charge is 0.320 e. The van der Waals surface area contributed by atoms with Crippen LogP contribution in [0.15, 0.2) is 0 Å². The number of rotatable bonds is 4. The van der Waals surface area contributed by atoms with Crippen molar-refractivity contribution < 1.29 is 19.9 Å². The van der Waals surface area contributed by atoms with Crippen molar-refractivity contribution in [2.45, 2.75) is 12.5 Å². The van der Waals surface area contributed by atoms with Gasteiger partial charge in [-0.25, -0.2) is 0 Å². The second-order valence-corrected chi connectivity index (χ2v) is 2.96. The van der Waals surface area contributed by atoms with Gasteiger partial charge in [-0.3, -0.25) is 14.9 Å². The fourth-order valence-corrected chi connectivity index (χ4v) is 0.969. The van der Waals surface area contributed by atoms with Gasteiger partial charge in [0.1, 0.15) is 6.04 Å². The molecular formula is C9H7N2O5. The quantitative estimate of drug-likeness (QED) is 0.478. The number of benzene rings is 1. The Morgan fingerprint density at radius 3 is 2.69 bits per heavy atom. The van der Waals surface area contributed by atoms with Gasteiger partial charge in [0.15, 0.2) is 0 Å². The number of phenols is 1. The molecule has 0 aliphatic heterocycles. The summed E-state index contributed by atoms with van der Waals surface area (Å²) in [5.41, 5.74) is 4.64. The Labute approximate surface area is 90.3 Å². The summed E-state index contributed by atoms with van der Waals surface area (Å²) in [5, 5.41) is 28.0. The normalized spacial score (nSPS) is 12.1. The molecule has 7 nitrogen and oxygen atoms in total. The Morgan fingerprint density at radius 1 is 1.56 bits per heavy atom. The van der Waals surface area contributed by atoms with E-state index in [1.54, 1.807) is 0 Å². The van der Waals surface area contributed by atoms with Crippen LogP contribution in [0.25, 0.3) is 0 Å². The van der Waals surface area contributed by atoms with Crippen molar-refractivity contribution >= 4 is 11.7 Å². The average molecular weight is 229 g/mol. The number of phenolic OH excluding ortho intramolecular Hbond substituents is 1. The number of hydrogen-bond donors (Lipinski definition) is 3. The van der Waals surface area contributed by atoms with Gasteiger partial charge in [0.2, 0.25) is 5.75 Å². The molecule has 4 N–H and O–H groups in total. The number of aliphatic carboxylic acids is 1. The molecule has 0 bridgehead atoms. The average Bonchev–Trinajstić information content (AvgIpc) is 2.20. The highest BCUT2D eigenvalue weighted by atomic mass is 16.6. The number of hydrogen-bond acceptors (Lipinski definition) is 5. The number of nitro groups is 1. The van der Waals surface area contributed by atoms with Crippen LogP contribution in [0.2, 0.25) is 0 Å². The molecule has 0 aliphatic rings. The molecule has 83 valence electrons. The summed E-state index contributed by atoms with van der Waals surface area (Å²) < 4.78 is 0. The van der Waals surface area contributed by atoms with E-state index in [1.165, 1.54) is 0 Å². The summed E-state index contributed by atoms with van der Waals surface area (Å²) in [5.74, 6) is -1.94. The SMILES string of the molecule is N[C@@H](C[13c]1[13c][13c][13c](O)[13c]([N+](=O)[O-])[13c]1)C(=O)O. The highest BCUT2D eigenvalue weighted by Crippen LogP contribution is 2.24. The number of carboxylic acid groups (broad SMARTS) is 1. The summed E-state index contributed by atoms with van der Waals surface area (Å²) >= 11 is 0. The second kappa shape index (κ2) is 4.58. The molecule has 1 rings (SSSR count). The monoisotopic (exact) mass is 229 g/mol. The minimum absolute atomic E-state index is 0.0828. The molecule has 16 heavy (non-hydrogen) atoms. The third-order valence-corrected chi connectivity index (χ3v) is 1.75. The fraction of sp³-hybridized carbons (Fsp3) is 0.222. The molecular weight excluding hydrogens is 222 g/mol. The topological polar surface area (TPSA) is 127 Å². The lowest BCUT2D eigenvalue weighted by Gasteiger charge is -2.05. The Morgan fingerprint density at radius 2 is 2.19 bits per heavy atom. The van der Waals surface area contributed by atoms with Crippen LogP contribution >= 0.6 is 0 Å². The molecule has 0 heterocycles. The lowest BCUT2D eigenvalue weighted by Crippen LogP contribution is -2.32. The molecule has 0 spiro atoms. The molecule has 1 atom stereocenters. The third kappa shape index (κ3) is 2.67. The first kappa shape index (κ1) is 11.9. The Hall–Kier alpha value is -2.15. The van der Waals surface area contributed by atoms with Crippen molar-refractivity contribution in [3.63, 3.8) is 0 Å². The van der Waals surface area contributed by atoms with E-state index in [2.05, 4.69) is 18.2 Å². The molecule has 0 fully saturated rings. The summed E-state index contributed by atoms with van der Waals surface area (Å²) in [4.78, 5) is 20.0. The lowest BCUT2D eigenvalue weighted by molar-refractivity contribution is -0.386. The molecule has 0 saturated carbocycles. The standard InChI is InChI=1S/C9H7N2O5/c10-6(9(13)14)3-5-1-2-8(12)7(4-5)11(15)16/h6,12H,3,10H2,(H,13,14)/t6-/m0/s1/i1+1,2+1,4+1,5+1,7+1,8+1. The van der Waals surface area contributed by atoms with Crippen LogP contribution in [0, 0.1) is 28.3 Å². The van der Waals surface area contributed by atoms with E-state index >= 15 is 0 Å². The van der Waals surface area contributed by atoms with Gasteiger partial charge >= 0.3 is 11.7 Å². The molecule has 0 unspecified atom stereocenters. The molecule has 0 aromatic heterocycles. The van der Waals surface area contributed by atoms with E-state index in [0.29, 0.717) is 0 Å². The third-order valence-electron chi connectivity index (χ3n) is 1.75. The van der Waals surface area contributed by atoms with Crippen LogP contribution in [-0.4, -0.2) is 27.1 Å². The number of nitrogens with zero attached hydrogens (tertiary/aromatic N) is 1. The van der Waals surface area contributed by atoms with Crippen molar-refractivity contribution in [2.24, 2.45) is 5.73 Å². The maximum atomic E-state index is 10.4. The minimum Gasteiger partial charge on any atom is -0.502 e. The van der Waals surface area contributed by atoms with E-state index in [9.17, 15) is 14.9 Å². The number of nitrogens with two attached hydrogens (primary N) is 1. The van der Waals surface area contributed by atoms with Crippen LogP contribution in [-0.2, 0) is 11.2 Å². The van der Waals surface area contributed by atoms with Gasteiger partial charge in [0.05, 0.1) is 11.0 Å². The van der Waals surface area contributed by atoms with Crippen LogP contribution in [0.3, 0.4) is 0 Å². The fourth-order valence-electron chi connectivity index (χ4n) is 0.969. The van der Waals surface area contributed by atoms with E-state index in [0.717, 1.165) is 0 Å². The Kier molecular flexibility index (Phi) is 3.41. The highest BCUT2D eigenvalue weighted by Gasteiger charge is 2.18. The number of carbonyl (C=O) groups is 1. The van der Waals surface area contributed by atoms with Gasteiger partial charge in [-0.1, -0.05) is 0 Å². The van der Waals surface area contributed by atoms with Gasteiger partial charge in [0.25, 0.3) is 0 Å². The Balaban J connectivity index is 2.95. The van der Waals surface area contributed by atoms with Gasteiger partial charge in [-0.2, -0.15) is 0 Å². The second-order valence-electron chi connectivity index (χ2n) is 2.96. The largest absolute Gasteiger partial charge is 0.502 e. The predicted octanol–water partition coefficient (Wildman–Crippen LogP) is -0.345. The van der Waals surface area contributed by atoms with E-state index in [-0.39, 0.29) is 12.0 Å². The van der Waals surface area contributed by atoms with Crippen molar-refractivity contribution in [3.8, 4) is 5.75 Å². The maximum Gasteiger partial charge on any atom is 0.320 e. The summed E-state index contributed by atoms with van der Waals surface area (Å²) in [6, 6.07) is 5.46. The molecule has 1 aromatic rings. The van der Waals surface area contributed by atoms with Crippen molar-refractivity contribution in [3.05, 3.63) is 33.9 Å². The zero-order valence-electron chi connectivity index (χ0n) is 7.93. The molecule has 1 aromatic carbocycles. The number of nitro benzene ring substituents is 1. The van der Waals surface area contributed by atoms with Crippen molar-refractivity contribution in [1.82, 2.24) is 0 Å². The van der Waals surface area contributed by atoms with Crippen LogP contribution in [0.5, 0.6) is 5.75 Å². The molecule has 0 aliphatic carbocycles. The number of carboxylic acids is 1. The zero-order chi connectivity index (χ0) is 12.3. The van der Waals surface area contributed by atoms with Crippen molar-refractivity contribution in [2.75, 3.05) is 0 Å². The maximum absolute atomic E-state index is 10.4. The zero-order valence-corrected chi connectivity index (χ0v) is 7.93. The molecule has 0 saturated heterocycles. The van der Waals surface area contributed by atoms with Crippen LogP contribution < -0.4 is 5.73 Å². The van der Waals surface area contributed by atoms with E-state index in [4.69, 9.17) is 15.9 Å². The first-order chi connectivity index (χ1) is 7.41. The summed E-state index contributed by atoms with van der Waals surface area (Å²) in [6.07, 6.45) is -0.174. The predicted molar refractivity (Wildman–Crippen MR) is 50.6 cm³/mol. The minimum atomic E-state index is -1.24. The van der Waals surface area contributed by atoms with E-state index < -0.39 is 28.4 Å². The van der Waals surface area contributed by atoms with Gasteiger partial charge in [-0.15, -0.1) is 0 Å².